The minimum Gasteiger partial charge on any atom is -0.461 e. The molecule has 2 aromatic heterocycles. The maximum Gasteiger partial charge on any atom is 0.169 e. The molecule has 22 heavy (non-hydrogen) atoms. The summed E-state index contributed by atoms with van der Waals surface area (Å²) in [7, 11) is 0. The second kappa shape index (κ2) is 9.55. The highest BCUT2D eigenvalue weighted by Gasteiger charge is 2.09. The van der Waals surface area contributed by atoms with E-state index >= 15 is 0 Å². The quantitative estimate of drug-likeness (QED) is 0.427. The Morgan fingerprint density at radius 2 is 1.09 bits per heavy atom. The Balaban J connectivity index is 1.81. The van der Waals surface area contributed by atoms with Crippen LogP contribution in [-0.4, -0.2) is 0 Å². The van der Waals surface area contributed by atoms with E-state index in [-0.39, 0.29) is 0 Å². The van der Waals surface area contributed by atoms with Crippen LogP contribution < -0.4 is 0 Å². The van der Waals surface area contributed by atoms with Crippen LogP contribution in [0.4, 0.5) is 0 Å². The van der Waals surface area contributed by atoms with Crippen LogP contribution in [0.5, 0.6) is 0 Å². The molecular formula is C20H30O2. The van der Waals surface area contributed by atoms with Crippen molar-refractivity contribution in [2.24, 2.45) is 0 Å². The summed E-state index contributed by atoms with van der Waals surface area (Å²) in [5.41, 5.74) is 2.57. The van der Waals surface area contributed by atoms with Crippen molar-refractivity contribution in [1.29, 1.82) is 0 Å². The van der Waals surface area contributed by atoms with E-state index in [0.717, 1.165) is 24.4 Å². The molecule has 0 saturated heterocycles. The van der Waals surface area contributed by atoms with Gasteiger partial charge in [-0.1, -0.05) is 52.4 Å². The lowest BCUT2D eigenvalue weighted by Gasteiger charge is -1.96. The zero-order valence-electron chi connectivity index (χ0n) is 14.2. The highest BCUT2D eigenvalue weighted by Crippen LogP contribution is 2.26. The van der Waals surface area contributed by atoms with Gasteiger partial charge in [-0.05, 0) is 48.9 Å². The zero-order valence-corrected chi connectivity index (χ0v) is 14.2. The molecule has 0 aromatic carbocycles. The van der Waals surface area contributed by atoms with Crippen molar-refractivity contribution in [1.82, 2.24) is 0 Å². The number of aryl methyl sites for hydroxylation is 2. The lowest BCUT2D eigenvalue weighted by molar-refractivity contribution is 0.521. The largest absolute Gasteiger partial charge is 0.461 e. The predicted octanol–water partition coefficient (Wildman–Crippen LogP) is 6.79. The number of hydrogen-bond donors (Lipinski definition) is 0. The van der Waals surface area contributed by atoms with Gasteiger partial charge >= 0.3 is 0 Å². The molecule has 0 saturated carbocycles. The van der Waals surface area contributed by atoms with Crippen molar-refractivity contribution >= 4 is 0 Å². The molecule has 0 atom stereocenters. The van der Waals surface area contributed by atoms with Crippen molar-refractivity contribution in [2.45, 2.75) is 78.1 Å². The predicted molar refractivity (Wildman–Crippen MR) is 92.1 cm³/mol. The first kappa shape index (κ1) is 16.9. The van der Waals surface area contributed by atoms with E-state index in [1.165, 1.54) is 62.5 Å². The van der Waals surface area contributed by atoms with Crippen molar-refractivity contribution < 1.29 is 8.83 Å². The SMILES string of the molecule is CCCCCCc1coc(-c2cc(CCCCCC)co2)c1. The monoisotopic (exact) mass is 302 g/mol. The second-order valence-electron chi connectivity index (χ2n) is 6.26. The smallest absolute Gasteiger partial charge is 0.169 e. The third kappa shape index (κ3) is 5.40. The van der Waals surface area contributed by atoms with E-state index in [9.17, 15) is 0 Å². The molecule has 0 unspecified atom stereocenters. The fourth-order valence-corrected chi connectivity index (χ4v) is 2.78. The number of furan rings is 2. The Morgan fingerprint density at radius 3 is 1.50 bits per heavy atom. The van der Waals surface area contributed by atoms with E-state index in [1.807, 2.05) is 12.5 Å². The van der Waals surface area contributed by atoms with Gasteiger partial charge in [0.2, 0.25) is 0 Å². The van der Waals surface area contributed by atoms with Crippen LogP contribution in [0, 0.1) is 0 Å². The third-order valence-electron chi connectivity index (χ3n) is 4.19. The minimum absolute atomic E-state index is 0.866. The molecule has 0 amide bonds. The van der Waals surface area contributed by atoms with Gasteiger partial charge in [-0.3, -0.25) is 0 Å². The van der Waals surface area contributed by atoms with Crippen LogP contribution in [0.15, 0.2) is 33.5 Å². The van der Waals surface area contributed by atoms with Crippen molar-refractivity contribution in [3.05, 3.63) is 35.8 Å². The Bertz CT molecular complexity index is 473. The van der Waals surface area contributed by atoms with E-state index in [1.54, 1.807) is 0 Å². The fraction of sp³-hybridized carbons (Fsp3) is 0.600. The molecule has 2 heteroatoms. The molecule has 0 aliphatic carbocycles. The van der Waals surface area contributed by atoms with Crippen LogP contribution >= 0.6 is 0 Å². The van der Waals surface area contributed by atoms with E-state index in [2.05, 4.69) is 26.0 Å². The summed E-state index contributed by atoms with van der Waals surface area (Å²) in [6.07, 6.45) is 16.3. The van der Waals surface area contributed by atoms with E-state index in [4.69, 9.17) is 8.83 Å². The van der Waals surface area contributed by atoms with Gasteiger partial charge in [0, 0.05) is 0 Å². The van der Waals surface area contributed by atoms with Crippen LogP contribution in [0.1, 0.15) is 76.3 Å². The summed E-state index contributed by atoms with van der Waals surface area (Å²) in [4.78, 5) is 0. The summed E-state index contributed by atoms with van der Waals surface area (Å²) < 4.78 is 11.3. The molecule has 122 valence electrons. The van der Waals surface area contributed by atoms with Crippen LogP contribution in [0.25, 0.3) is 11.5 Å². The molecule has 0 aliphatic rings. The van der Waals surface area contributed by atoms with Crippen LogP contribution in [0.3, 0.4) is 0 Å². The topological polar surface area (TPSA) is 26.3 Å². The summed E-state index contributed by atoms with van der Waals surface area (Å²) in [5, 5.41) is 0. The number of hydrogen-bond acceptors (Lipinski definition) is 2. The second-order valence-corrected chi connectivity index (χ2v) is 6.26. The summed E-state index contributed by atoms with van der Waals surface area (Å²) in [5.74, 6) is 1.73. The average Bonchev–Trinajstić information content (AvgIpc) is 3.17. The third-order valence-corrected chi connectivity index (χ3v) is 4.19. The van der Waals surface area contributed by atoms with Crippen molar-refractivity contribution in [3.63, 3.8) is 0 Å². The first-order chi connectivity index (χ1) is 10.8. The van der Waals surface area contributed by atoms with Gasteiger partial charge < -0.3 is 8.83 Å². The van der Waals surface area contributed by atoms with Crippen molar-refractivity contribution in [3.8, 4) is 11.5 Å². The van der Waals surface area contributed by atoms with Gasteiger partial charge in [0.15, 0.2) is 11.5 Å². The highest BCUT2D eigenvalue weighted by molar-refractivity contribution is 5.52. The normalized spacial score (nSPS) is 11.2. The van der Waals surface area contributed by atoms with Gasteiger partial charge in [-0.15, -0.1) is 0 Å². The molecule has 0 radical (unpaired) electrons. The van der Waals surface area contributed by atoms with Gasteiger partial charge in [-0.25, -0.2) is 0 Å². The average molecular weight is 302 g/mol. The Morgan fingerprint density at radius 1 is 0.636 bits per heavy atom. The first-order valence-electron chi connectivity index (χ1n) is 8.98. The van der Waals surface area contributed by atoms with Gasteiger partial charge in [0.05, 0.1) is 12.5 Å². The molecule has 0 aliphatic heterocycles. The number of unbranched alkanes of at least 4 members (excludes halogenated alkanes) is 6. The molecule has 2 rings (SSSR count). The summed E-state index contributed by atoms with van der Waals surface area (Å²) in [6.45, 7) is 4.49. The lowest BCUT2D eigenvalue weighted by atomic mass is 10.1. The van der Waals surface area contributed by atoms with Crippen LogP contribution in [-0.2, 0) is 12.8 Å². The van der Waals surface area contributed by atoms with Crippen molar-refractivity contribution in [2.75, 3.05) is 0 Å². The molecule has 2 nitrogen and oxygen atoms in total. The number of rotatable bonds is 11. The van der Waals surface area contributed by atoms with Gasteiger partial charge in [0.1, 0.15) is 0 Å². The Kier molecular flexibility index (Phi) is 7.35. The standard InChI is InChI=1S/C20H30O2/c1-3-5-7-9-11-17-13-19(21-15-17)20-14-18(16-22-20)12-10-8-6-4-2/h13-16H,3-12H2,1-2H3. The molecular weight excluding hydrogens is 272 g/mol. The zero-order chi connectivity index (χ0) is 15.6. The fourth-order valence-electron chi connectivity index (χ4n) is 2.78. The molecule has 0 fully saturated rings. The molecule has 0 bridgehead atoms. The van der Waals surface area contributed by atoms with E-state index < -0.39 is 0 Å². The van der Waals surface area contributed by atoms with E-state index in [0.29, 0.717) is 0 Å². The Labute approximate surface area is 134 Å². The lowest BCUT2D eigenvalue weighted by Crippen LogP contribution is -1.82. The molecule has 0 spiro atoms. The maximum absolute atomic E-state index is 5.67. The maximum atomic E-state index is 5.67. The summed E-state index contributed by atoms with van der Waals surface area (Å²) >= 11 is 0. The highest BCUT2D eigenvalue weighted by atomic mass is 16.4. The minimum atomic E-state index is 0.866. The molecule has 2 heterocycles. The Hall–Kier alpha value is -1.44. The van der Waals surface area contributed by atoms with Gasteiger partial charge in [0.25, 0.3) is 0 Å². The summed E-state index contributed by atoms with van der Waals surface area (Å²) in [6, 6.07) is 4.26. The first-order valence-corrected chi connectivity index (χ1v) is 8.98. The van der Waals surface area contributed by atoms with Gasteiger partial charge in [-0.2, -0.15) is 0 Å². The van der Waals surface area contributed by atoms with Crippen LogP contribution in [0.2, 0.25) is 0 Å². The molecule has 0 N–H and O–H groups in total. The molecule has 2 aromatic rings.